The summed E-state index contributed by atoms with van der Waals surface area (Å²) >= 11 is 0. The fourth-order valence-electron chi connectivity index (χ4n) is 4.55. The predicted molar refractivity (Wildman–Crippen MR) is 158 cm³/mol. The zero-order valence-corrected chi connectivity index (χ0v) is 25.3. The lowest BCUT2D eigenvalue weighted by Crippen LogP contribution is -2.33. The molecule has 4 atom stereocenters. The van der Waals surface area contributed by atoms with E-state index in [1.54, 1.807) is 20.1 Å². The Hall–Kier alpha value is -3.49. The number of rotatable bonds is 13. The lowest BCUT2D eigenvalue weighted by molar-refractivity contribution is -0.116. The number of aliphatic imine (C=N–C) groups is 1. The number of amides is 1. The van der Waals surface area contributed by atoms with Crippen molar-refractivity contribution in [2.75, 3.05) is 13.2 Å². The minimum absolute atomic E-state index is 0.0428. The molecule has 4 heterocycles. The van der Waals surface area contributed by atoms with E-state index in [2.05, 4.69) is 25.3 Å². The van der Waals surface area contributed by atoms with E-state index in [9.17, 15) is 28.6 Å². The Morgan fingerprint density at radius 3 is 2.74 bits per heavy atom. The average molecular weight is 621 g/mol. The average Bonchev–Trinajstić information content (AvgIpc) is 3.56. The summed E-state index contributed by atoms with van der Waals surface area (Å²) in [5.74, 6) is 0.0568. The summed E-state index contributed by atoms with van der Waals surface area (Å²) < 4.78 is 30.7. The van der Waals surface area contributed by atoms with E-state index in [4.69, 9.17) is 14.0 Å². The van der Waals surface area contributed by atoms with Crippen LogP contribution >= 0.6 is 7.60 Å². The maximum atomic E-state index is 12.7. The number of H-pyrrole nitrogens is 2. The normalized spacial score (nSPS) is 21.1. The van der Waals surface area contributed by atoms with Gasteiger partial charge in [-0.1, -0.05) is 13.8 Å². The molecule has 0 aliphatic carbocycles. The van der Waals surface area contributed by atoms with Crippen LogP contribution in [0.5, 0.6) is 0 Å². The van der Waals surface area contributed by atoms with Crippen LogP contribution in [0.3, 0.4) is 0 Å². The van der Waals surface area contributed by atoms with E-state index >= 15 is 0 Å². The number of hydrogen-bond acceptors (Lipinski definition) is 10. The van der Waals surface area contributed by atoms with Gasteiger partial charge in [0, 0.05) is 44.3 Å². The zero-order valence-electron chi connectivity index (χ0n) is 24.4. The summed E-state index contributed by atoms with van der Waals surface area (Å²) in [6.45, 7) is 6.87. The van der Waals surface area contributed by atoms with Crippen molar-refractivity contribution in [3.05, 3.63) is 60.5 Å². The van der Waals surface area contributed by atoms with Gasteiger partial charge < -0.3 is 29.2 Å². The third-order valence-corrected chi connectivity index (χ3v) is 8.66. The van der Waals surface area contributed by atoms with E-state index in [1.807, 2.05) is 13.8 Å². The number of fused-ring (bicyclic) bond motifs is 1. The number of carbonyl (C=O) groups excluding carboxylic acids is 1. The first-order valence-corrected chi connectivity index (χ1v) is 15.7. The molecule has 15 nitrogen and oxygen atoms in total. The van der Waals surface area contributed by atoms with Crippen molar-refractivity contribution in [2.24, 2.45) is 4.99 Å². The molecule has 1 amide bonds. The maximum absolute atomic E-state index is 12.7. The maximum Gasteiger partial charge on any atom is 0.330 e. The van der Waals surface area contributed by atoms with Gasteiger partial charge in [0.05, 0.1) is 35.7 Å². The van der Waals surface area contributed by atoms with Gasteiger partial charge in [-0.05, 0) is 26.3 Å². The Balaban J connectivity index is 1.37. The molecule has 2 aromatic heterocycles. The highest BCUT2D eigenvalue weighted by Crippen LogP contribution is 2.48. The monoisotopic (exact) mass is 620 g/mol. The highest BCUT2D eigenvalue weighted by molar-refractivity contribution is 7.53. The van der Waals surface area contributed by atoms with Crippen LogP contribution in [0.2, 0.25) is 0 Å². The summed E-state index contributed by atoms with van der Waals surface area (Å²) in [5.41, 5.74) is -1.29. The van der Waals surface area contributed by atoms with Gasteiger partial charge in [0.15, 0.2) is 0 Å². The molecular weight excluding hydrogens is 583 g/mol. The van der Waals surface area contributed by atoms with Crippen molar-refractivity contribution >= 4 is 31.5 Å². The molecule has 0 bridgehead atoms. The molecule has 0 saturated carbocycles. The summed E-state index contributed by atoms with van der Waals surface area (Å²) in [6, 6.07) is 0. The Bertz CT molecular complexity index is 1610. The molecular formula is C27H37N6O9P. The molecule has 4 rings (SSSR count). The molecule has 2 aliphatic heterocycles. The number of ether oxygens (including phenoxy) is 2. The van der Waals surface area contributed by atoms with Crippen LogP contribution in [-0.2, 0) is 36.2 Å². The summed E-state index contributed by atoms with van der Waals surface area (Å²) in [4.78, 5) is 72.9. The SMILES string of the molecule is CC(C)O[C@@H]1C[C@H](n2cc(/C=C/C(=O)NCCCc3nc4c(c(=O)[nH]3)N=CC4)c(=O)[nH]c2=O)O[C@@H]1COP(=O)(O)C(C)C. The van der Waals surface area contributed by atoms with Crippen LogP contribution in [0.4, 0.5) is 5.69 Å². The number of hydrogen-bond donors (Lipinski definition) is 4. The summed E-state index contributed by atoms with van der Waals surface area (Å²) in [5, 5.41) is 2.70. The van der Waals surface area contributed by atoms with E-state index in [-0.39, 0.29) is 30.3 Å². The van der Waals surface area contributed by atoms with Crippen LogP contribution in [0, 0.1) is 0 Å². The van der Waals surface area contributed by atoms with Gasteiger partial charge in [-0.3, -0.25) is 33.5 Å². The largest absolute Gasteiger partial charge is 0.373 e. The standard InChI is InChI=1S/C27H37N6O9P/c1-15(2)41-19-12-23(42-20(19)14-40-43(38,39)16(3)4)33-13-17(25(35)32-27(33)37)7-8-22(34)28-10-5-6-21-30-18-9-11-29-24(18)26(36)31-21/h7-8,11,13,15-16,19-20,23H,5-6,9-10,12,14H2,1-4H3,(H,28,34)(H,38,39)(H,30,31,36)(H,32,35,37)/b8-7+/t19-,20-,23-/m1/s1. The fraction of sp³-hybridized carbons (Fsp3) is 0.556. The topological polar surface area (TPSA) is 207 Å². The Morgan fingerprint density at radius 2 is 2.02 bits per heavy atom. The zero-order chi connectivity index (χ0) is 31.3. The third kappa shape index (κ3) is 8.33. The minimum Gasteiger partial charge on any atom is -0.373 e. The molecule has 4 N–H and O–H groups in total. The first-order valence-electron chi connectivity index (χ1n) is 14.1. The van der Waals surface area contributed by atoms with Crippen LogP contribution < -0.4 is 22.1 Å². The van der Waals surface area contributed by atoms with Gasteiger partial charge in [0.25, 0.3) is 11.1 Å². The first kappa shape index (κ1) is 32.4. The van der Waals surface area contributed by atoms with Crippen molar-refractivity contribution in [1.82, 2.24) is 24.8 Å². The van der Waals surface area contributed by atoms with Crippen molar-refractivity contribution < 1.29 is 28.3 Å². The van der Waals surface area contributed by atoms with Crippen molar-refractivity contribution in [3.8, 4) is 0 Å². The molecule has 234 valence electrons. The molecule has 43 heavy (non-hydrogen) atoms. The fourth-order valence-corrected chi connectivity index (χ4v) is 5.21. The van der Waals surface area contributed by atoms with Gasteiger partial charge in [0.2, 0.25) is 5.91 Å². The number of nitrogens with one attached hydrogen (secondary N) is 3. The predicted octanol–water partition coefficient (Wildman–Crippen LogP) is 1.33. The molecule has 0 radical (unpaired) electrons. The molecule has 2 aliphatic rings. The van der Waals surface area contributed by atoms with Gasteiger partial charge in [0.1, 0.15) is 23.8 Å². The summed E-state index contributed by atoms with van der Waals surface area (Å²) in [7, 11) is -3.86. The van der Waals surface area contributed by atoms with Gasteiger partial charge >= 0.3 is 13.3 Å². The number of aromatic nitrogens is 4. The number of nitrogens with zero attached hydrogens (tertiary/aromatic N) is 3. The van der Waals surface area contributed by atoms with Gasteiger partial charge in [-0.2, -0.15) is 0 Å². The van der Waals surface area contributed by atoms with E-state index in [0.717, 1.165) is 0 Å². The van der Waals surface area contributed by atoms with Gasteiger partial charge in [-0.15, -0.1) is 0 Å². The van der Waals surface area contributed by atoms with Crippen LogP contribution in [0.1, 0.15) is 63.8 Å². The lowest BCUT2D eigenvalue weighted by Gasteiger charge is -2.23. The van der Waals surface area contributed by atoms with Crippen LogP contribution in [0.15, 0.2) is 31.6 Å². The molecule has 1 saturated heterocycles. The van der Waals surface area contributed by atoms with Crippen molar-refractivity contribution in [1.29, 1.82) is 0 Å². The Morgan fingerprint density at radius 1 is 1.26 bits per heavy atom. The molecule has 1 fully saturated rings. The highest BCUT2D eigenvalue weighted by Gasteiger charge is 2.40. The summed E-state index contributed by atoms with van der Waals surface area (Å²) in [6.07, 6.45) is 4.74. The molecule has 16 heteroatoms. The Kier molecular flexibility index (Phi) is 10.5. The quantitative estimate of drug-likeness (QED) is 0.144. The number of aromatic amines is 2. The molecule has 2 aromatic rings. The number of carbonyl (C=O) groups is 1. The highest BCUT2D eigenvalue weighted by atomic mass is 31.2. The first-order chi connectivity index (χ1) is 20.3. The number of aryl methyl sites for hydroxylation is 1. The van der Waals surface area contributed by atoms with Gasteiger partial charge in [-0.25, -0.2) is 9.78 Å². The molecule has 0 spiro atoms. The lowest BCUT2D eigenvalue weighted by atomic mass is 10.2. The molecule has 1 unspecified atom stereocenters. The van der Waals surface area contributed by atoms with E-state index in [1.165, 1.54) is 22.9 Å². The minimum atomic E-state index is -3.86. The van der Waals surface area contributed by atoms with Crippen LogP contribution in [-0.4, -0.2) is 73.7 Å². The molecule has 0 aromatic carbocycles. The second-order valence-electron chi connectivity index (χ2n) is 10.8. The van der Waals surface area contributed by atoms with Crippen LogP contribution in [0.25, 0.3) is 6.08 Å². The third-order valence-electron chi connectivity index (χ3n) is 6.83. The Labute approximate surface area is 246 Å². The second kappa shape index (κ2) is 13.9. The smallest absolute Gasteiger partial charge is 0.330 e. The van der Waals surface area contributed by atoms with E-state index in [0.29, 0.717) is 43.0 Å². The van der Waals surface area contributed by atoms with Crippen molar-refractivity contribution in [2.45, 2.75) is 83.6 Å². The van der Waals surface area contributed by atoms with Crippen molar-refractivity contribution in [3.63, 3.8) is 0 Å². The van der Waals surface area contributed by atoms with E-state index < -0.39 is 48.8 Å². The second-order valence-corrected chi connectivity index (χ2v) is 13.3.